The highest BCUT2D eigenvalue weighted by Crippen LogP contribution is 1.87. The highest BCUT2D eigenvalue weighted by atomic mass is 16.2. The molecule has 0 saturated carbocycles. The number of rotatable bonds is 5. The first-order valence-corrected chi connectivity index (χ1v) is 2.78. The van der Waals surface area contributed by atoms with Gasteiger partial charge in [0, 0.05) is 0 Å². The van der Waals surface area contributed by atoms with E-state index in [0.29, 0.717) is 0 Å². The third-order valence-electron chi connectivity index (χ3n) is 0.982. The minimum atomic E-state index is -1.05. The Hall–Kier alpha value is -1.59. The Morgan fingerprint density at radius 1 is 1.45 bits per heavy atom. The number of primary amides is 2. The molecule has 0 heterocycles. The van der Waals surface area contributed by atoms with E-state index in [1.165, 1.54) is 6.41 Å². The van der Waals surface area contributed by atoms with Crippen LogP contribution in [0.2, 0.25) is 0 Å². The molecule has 0 aromatic rings. The summed E-state index contributed by atoms with van der Waals surface area (Å²) in [7, 11) is 0. The fourth-order valence-corrected chi connectivity index (χ4v) is 0.495. The molecular formula is C5H8N3O3. The molecule has 11 heavy (non-hydrogen) atoms. The van der Waals surface area contributed by atoms with E-state index < -0.39 is 17.9 Å². The highest BCUT2D eigenvalue weighted by Gasteiger charge is 2.16. The zero-order chi connectivity index (χ0) is 8.85. The van der Waals surface area contributed by atoms with Gasteiger partial charge in [-0.15, -0.1) is 0 Å². The minimum absolute atomic E-state index is 0.301. The van der Waals surface area contributed by atoms with Gasteiger partial charge in [0.15, 0.2) is 0 Å². The predicted octanol–water partition coefficient (Wildman–Crippen LogP) is -2.63. The number of nitrogens with two attached hydrogens (primary N) is 2. The van der Waals surface area contributed by atoms with Crippen LogP contribution in [0.3, 0.4) is 0 Å². The standard InChI is InChI=1S/C5H8N3O3/c6-4(10)1-3(5(7)11)8-2-9/h3H,1H2,(H2,6,10)(H2,7,11)(H,8,9). The Bertz CT molecular complexity index is 180. The average Bonchev–Trinajstić information content (AvgIpc) is 1.86. The smallest absolute Gasteiger partial charge is 0.309 e. The van der Waals surface area contributed by atoms with Crippen molar-refractivity contribution >= 4 is 18.2 Å². The fraction of sp³-hybridized carbons (Fsp3) is 0.400. The van der Waals surface area contributed by atoms with E-state index in [-0.39, 0.29) is 6.42 Å². The van der Waals surface area contributed by atoms with Crippen LogP contribution in [0.25, 0.3) is 0 Å². The van der Waals surface area contributed by atoms with Crippen LogP contribution in [0, 0.1) is 0 Å². The highest BCUT2D eigenvalue weighted by molar-refractivity contribution is 5.87. The second-order valence-corrected chi connectivity index (χ2v) is 1.87. The zero-order valence-corrected chi connectivity index (χ0v) is 5.66. The molecule has 1 atom stereocenters. The van der Waals surface area contributed by atoms with Crippen molar-refractivity contribution in [3.63, 3.8) is 0 Å². The molecule has 6 nitrogen and oxygen atoms in total. The molecule has 0 aliphatic heterocycles. The van der Waals surface area contributed by atoms with E-state index in [2.05, 4.69) is 0 Å². The van der Waals surface area contributed by atoms with E-state index in [4.69, 9.17) is 11.5 Å². The molecule has 0 fully saturated rings. The molecule has 0 saturated heterocycles. The summed E-state index contributed by atoms with van der Waals surface area (Å²) in [5.74, 6) is -1.52. The van der Waals surface area contributed by atoms with Crippen molar-refractivity contribution < 1.29 is 14.4 Å². The maximum absolute atomic E-state index is 10.4. The Kier molecular flexibility index (Phi) is 3.65. The second-order valence-electron chi connectivity index (χ2n) is 1.87. The van der Waals surface area contributed by atoms with Crippen LogP contribution in [-0.2, 0) is 14.4 Å². The summed E-state index contributed by atoms with van der Waals surface area (Å²) >= 11 is 0. The van der Waals surface area contributed by atoms with Gasteiger partial charge >= 0.3 is 6.41 Å². The lowest BCUT2D eigenvalue weighted by atomic mass is 10.2. The van der Waals surface area contributed by atoms with Gasteiger partial charge in [0.1, 0.15) is 6.04 Å². The molecule has 0 aromatic carbocycles. The number of nitrogens with one attached hydrogen (secondary N) is 1. The van der Waals surface area contributed by atoms with Gasteiger partial charge in [0.25, 0.3) is 0 Å². The van der Waals surface area contributed by atoms with Crippen LogP contribution >= 0.6 is 0 Å². The molecule has 0 spiro atoms. The van der Waals surface area contributed by atoms with Gasteiger partial charge < -0.3 is 16.8 Å². The summed E-state index contributed by atoms with van der Waals surface area (Å²) in [6, 6.07) is -1.05. The summed E-state index contributed by atoms with van der Waals surface area (Å²) < 4.78 is 0. The van der Waals surface area contributed by atoms with Crippen molar-refractivity contribution in [3.05, 3.63) is 0 Å². The van der Waals surface area contributed by atoms with Crippen LogP contribution in [-0.4, -0.2) is 24.3 Å². The maximum atomic E-state index is 10.4. The van der Waals surface area contributed by atoms with Crippen molar-refractivity contribution in [1.29, 1.82) is 0 Å². The molecule has 6 heteroatoms. The first-order chi connectivity index (χ1) is 5.07. The Morgan fingerprint density at radius 3 is 2.27 bits per heavy atom. The van der Waals surface area contributed by atoms with E-state index in [1.807, 2.05) is 5.32 Å². The van der Waals surface area contributed by atoms with E-state index in [9.17, 15) is 14.4 Å². The molecule has 61 valence electrons. The molecule has 0 aromatic heterocycles. The molecule has 0 rings (SSSR count). The molecular weight excluding hydrogens is 150 g/mol. The van der Waals surface area contributed by atoms with Crippen LogP contribution in [0.15, 0.2) is 0 Å². The summed E-state index contributed by atoms with van der Waals surface area (Å²) in [5.41, 5.74) is 9.53. The monoisotopic (exact) mass is 158 g/mol. The van der Waals surface area contributed by atoms with E-state index in [0.717, 1.165) is 0 Å². The average molecular weight is 158 g/mol. The molecule has 5 N–H and O–H groups in total. The SMILES string of the molecule is NC(=O)CC(N[C]=O)C(N)=O. The Labute approximate surface area is 62.9 Å². The lowest BCUT2D eigenvalue weighted by Crippen LogP contribution is -2.43. The topological polar surface area (TPSA) is 115 Å². The molecule has 3 amide bonds. The Balaban J connectivity index is 3.99. The van der Waals surface area contributed by atoms with Gasteiger partial charge in [-0.25, -0.2) is 0 Å². The third-order valence-corrected chi connectivity index (χ3v) is 0.982. The quantitative estimate of drug-likeness (QED) is 0.380. The molecule has 1 radical (unpaired) electrons. The third kappa shape index (κ3) is 3.90. The number of hydrogen-bond acceptors (Lipinski definition) is 3. The molecule has 0 bridgehead atoms. The molecule has 1 unspecified atom stereocenters. The lowest BCUT2D eigenvalue weighted by Gasteiger charge is -2.07. The Morgan fingerprint density at radius 2 is 2.00 bits per heavy atom. The summed E-state index contributed by atoms with van der Waals surface area (Å²) in [5, 5.41) is 1.93. The van der Waals surface area contributed by atoms with Gasteiger partial charge in [-0.1, -0.05) is 0 Å². The van der Waals surface area contributed by atoms with E-state index >= 15 is 0 Å². The van der Waals surface area contributed by atoms with Gasteiger partial charge in [-0.3, -0.25) is 14.4 Å². The number of carbonyl (C=O) groups excluding carboxylic acids is 3. The fourth-order valence-electron chi connectivity index (χ4n) is 0.495. The summed E-state index contributed by atoms with van der Waals surface area (Å²) in [4.78, 5) is 30.3. The summed E-state index contributed by atoms with van der Waals surface area (Å²) in [6.45, 7) is 0. The van der Waals surface area contributed by atoms with Crippen molar-refractivity contribution in [2.75, 3.05) is 0 Å². The van der Waals surface area contributed by atoms with E-state index in [1.54, 1.807) is 0 Å². The number of amides is 3. The van der Waals surface area contributed by atoms with Gasteiger partial charge in [-0.2, -0.15) is 0 Å². The normalized spacial score (nSPS) is 11.6. The van der Waals surface area contributed by atoms with Gasteiger partial charge in [0.05, 0.1) is 6.42 Å². The predicted molar refractivity (Wildman–Crippen MR) is 35.6 cm³/mol. The summed E-state index contributed by atoms with van der Waals surface area (Å²) in [6.07, 6.45) is 0.945. The van der Waals surface area contributed by atoms with Crippen LogP contribution < -0.4 is 16.8 Å². The first-order valence-electron chi connectivity index (χ1n) is 2.78. The molecule has 0 aliphatic carbocycles. The van der Waals surface area contributed by atoms with Crippen LogP contribution in [0.5, 0.6) is 0 Å². The second kappa shape index (κ2) is 4.26. The zero-order valence-electron chi connectivity index (χ0n) is 5.66. The first kappa shape index (κ1) is 9.41. The maximum Gasteiger partial charge on any atom is 0.309 e. The van der Waals surface area contributed by atoms with Crippen molar-refractivity contribution in [2.24, 2.45) is 11.5 Å². The van der Waals surface area contributed by atoms with Crippen LogP contribution in [0.1, 0.15) is 6.42 Å². The number of carbonyl (C=O) groups is 2. The van der Waals surface area contributed by atoms with Crippen LogP contribution in [0.4, 0.5) is 0 Å². The molecule has 0 aliphatic rings. The number of hydrogen-bond donors (Lipinski definition) is 3. The van der Waals surface area contributed by atoms with Crippen molar-refractivity contribution in [2.45, 2.75) is 12.5 Å². The van der Waals surface area contributed by atoms with Gasteiger partial charge in [-0.05, 0) is 0 Å². The van der Waals surface area contributed by atoms with Crippen molar-refractivity contribution in [1.82, 2.24) is 5.32 Å². The lowest BCUT2D eigenvalue weighted by molar-refractivity contribution is -0.124. The van der Waals surface area contributed by atoms with Crippen molar-refractivity contribution in [3.8, 4) is 0 Å². The largest absolute Gasteiger partial charge is 0.370 e. The minimum Gasteiger partial charge on any atom is -0.370 e. The van der Waals surface area contributed by atoms with Gasteiger partial charge in [0.2, 0.25) is 11.8 Å².